The highest BCUT2D eigenvalue weighted by Crippen LogP contribution is 2.47. The summed E-state index contributed by atoms with van der Waals surface area (Å²) in [5, 5.41) is 23.4. The normalized spacial score (nSPS) is 21.7. The highest BCUT2D eigenvalue weighted by Gasteiger charge is 2.67. The first-order chi connectivity index (χ1) is 20.3. The van der Waals surface area contributed by atoms with Crippen molar-refractivity contribution in [2.45, 2.75) is 61.2 Å². The number of ether oxygens (including phenoxy) is 3. The van der Waals surface area contributed by atoms with Gasteiger partial charge in [-0.1, -0.05) is 29.2 Å². The second kappa shape index (κ2) is 12.0. The van der Waals surface area contributed by atoms with Crippen molar-refractivity contribution in [2.24, 2.45) is 0 Å². The number of hydrogen-bond donors (Lipinski definition) is 3. The first-order valence-corrected chi connectivity index (χ1v) is 16.1. The minimum absolute atomic E-state index is 0.147. The van der Waals surface area contributed by atoms with E-state index in [1.165, 1.54) is 42.0 Å². The van der Waals surface area contributed by atoms with Gasteiger partial charge < -0.3 is 30.0 Å². The van der Waals surface area contributed by atoms with E-state index in [0.29, 0.717) is 40.0 Å². The maximum atomic E-state index is 13.9. The van der Waals surface area contributed by atoms with Crippen molar-refractivity contribution in [1.82, 2.24) is 25.7 Å². The molecule has 16 heteroatoms. The minimum Gasteiger partial charge on any atom is -0.493 e. The predicted octanol–water partition coefficient (Wildman–Crippen LogP) is 2.85. The molecule has 0 radical (unpaired) electrons. The molecule has 0 spiro atoms. The number of nitrogens with zero attached hydrogens (tertiary/aromatic N) is 3. The van der Waals surface area contributed by atoms with Crippen LogP contribution in [0.15, 0.2) is 33.8 Å². The van der Waals surface area contributed by atoms with Gasteiger partial charge in [0.05, 0.1) is 6.61 Å². The first-order valence-electron chi connectivity index (χ1n) is 13.3. The van der Waals surface area contributed by atoms with Gasteiger partial charge in [-0.2, -0.15) is 0 Å². The highest BCUT2D eigenvalue weighted by atomic mass is 32.2. The smallest absolute Gasteiger partial charge is 0.408 e. The van der Waals surface area contributed by atoms with Crippen LogP contribution in [0.25, 0.3) is 0 Å². The quantitative estimate of drug-likeness (QED) is 0.207. The lowest BCUT2D eigenvalue weighted by Crippen LogP contribution is -2.81. The topological polar surface area (TPSA) is 169 Å². The second-order valence-electron chi connectivity index (χ2n) is 10.9. The number of nitrogens with one attached hydrogen (secondary N) is 2. The Kier molecular flexibility index (Phi) is 8.66. The van der Waals surface area contributed by atoms with E-state index < -0.39 is 46.6 Å². The SMILES string of the molecule is COC1(NC(=O)C(NC(=O)OC(C)(C)C)c2ccc3c(c2)CCO3)C(=O)N2C(C(=O)O)=C(CSc3nnc(C)s3)CSC21. The van der Waals surface area contributed by atoms with E-state index in [4.69, 9.17) is 14.2 Å². The predicted molar refractivity (Wildman–Crippen MR) is 159 cm³/mol. The van der Waals surface area contributed by atoms with Crippen LogP contribution in [0, 0.1) is 6.92 Å². The lowest BCUT2D eigenvalue weighted by molar-refractivity contribution is -0.192. The lowest BCUT2D eigenvalue weighted by Gasteiger charge is -2.56. The molecule has 230 valence electrons. The van der Waals surface area contributed by atoms with E-state index in [-0.39, 0.29) is 11.4 Å². The van der Waals surface area contributed by atoms with E-state index in [1.807, 2.05) is 6.92 Å². The summed E-state index contributed by atoms with van der Waals surface area (Å²) in [5.74, 6) is -1.44. The summed E-state index contributed by atoms with van der Waals surface area (Å²) in [6.07, 6.45) is -0.185. The van der Waals surface area contributed by atoms with Crippen LogP contribution in [0.2, 0.25) is 0 Å². The maximum Gasteiger partial charge on any atom is 0.408 e. The summed E-state index contributed by atoms with van der Waals surface area (Å²) in [6, 6.07) is 3.90. The number of methoxy groups -OCH3 is 1. The van der Waals surface area contributed by atoms with Gasteiger partial charge >= 0.3 is 12.1 Å². The third kappa shape index (κ3) is 6.18. The molecule has 3 aliphatic rings. The van der Waals surface area contributed by atoms with Crippen LogP contribution in [-0.4, -0.2) is 86.0 Å². The van der Waals surface area contributed by atoms with Crippen LogP contribution in [0.3, 0.4) is 0 Å². The fraction of sp³-hybridized carbons (Fsp3) is 0.481. The van der Waals surface area contributed by atoms with Crippen LogP contribution >= 0.6 is 34.9 Å². The molecule has 13 nitrogen and oxygen atoms in total. The van der Waals surface area contributed by atoms with Crippen molar-refractivity contribution in [3.05, 3.63) is 45.6 Å². The Morgan fingerprint density at radius 2 is 2.07 bits per heavy atom. The fourth-order valence-corrected chi connectivity index (χ4v) is 8.30. The van der Waals surface area contributed by atoms with Gasteiger partial charge in [0, 0.05) is 25.0 Å². The van der Waals surface area contributed by atoms with Crippen molar-refractivity contribution in [2.75, 3.05) is 25.2 Å². The van der Waals surface area contributed by atoms with Gasteiger partial charge in [0.25, 0.3) is 11.6 Å². The Morgan fingerprint density at radius 3 is 2.72 bits per heavy atom. The first kappa shape index (κ1) is 31.1. The second-order valence-corrected chi connectivity index (χ2v) is 14.4. The molecule has 3 aliphatic heterocycles. The number of carboxylic acid groups (broad SMARTS) is 1. The number of alkyl carbamates (subject to hydrolysis) is 1. The van der Waals surface area contributed by atoms with Crippen molar-refractivity contribution in [3.63, 3.8) is 0 Å². The molecular weight excluding hydrogens is 619 g/mol. The Labute approximate surface area is 260 Å². The molecule has 3 amide bonds. The molecule has 4 heterocycles. The molecule has 1 saturated heterocycles. The molecule has 2 aromatic rings. The van der Waals surface area contributed by atoms with Crippen LogP contribution in [0.1, 0.15) is 42.9 Å². The van der Waals surface area contributed by atoms with Crippen LogP contribution in [-0.2, 0) is 30.3 Å². The number of aryl methyl sites for hydroxylation is 1. The number of amides is 3. The summed E-state index contributed by atoms with van der Waals surface area (Å²) in [5.41, 5.74) is -0.950. The number of hydrogen-bond acceptors (Lipinski definition) is 12. The number of thioether (sulfide) groups is 2. The van der Waals surface area contributed by atoms with E-state index in [0.717, 1.165) is 15.5 Å². The molecule has 0 saturated carbocycles. The van der Waals surface area contributed by atoms with Crippen molar-refractivity contribution in [1.29, 1.82) is 0 Å². The minimum atomic E-state index is -1.86. The Bertz CT molecular complexity index is 1510. The Balaban J connectivity index is 1.39. The third-order valence-electron chi connectivity index (χ3n) is 6.79. The molecule has 0 aliphatic carbocycles. The number of β-lactam (4-membered cyclic amide) rings is 1. The molecule has 1 aromatic heterocycles. The summed E-state index contributed by atoms with van der Waals surface area (Å²) in [6.45, 7) is 7.43. The number of carbonyl (C=O) groups excluding carboxylic acids is 3. The van der Waals surface area contributed by atoms with Gasteiger partial charge in [0.1, 0.15) is 33.5 Å². The largest absolute Gasteiger partial charge is 0.493 e. The van der Waals surface area contributed by atoms with E-state index in [1.54, 1.807) is 39.0 Å². The molecule has 43 heavy (non-hydrogen) atoms. The molecule has 3 unspecified atom stereocenters. The van der Waals surface area contributed by atoms with Crippen LogP contribution < -0.4 is 15.4 Å². The van der Waals surface area contributed by atoms with E-state index >= 15 is 0 Å². The Hall–Kier alpha value is -3.34. The van der Waals surface area contributed by atoms with Gasteiger partial charge in [-0.05, 0) is 56.5 Å². The summed E-state index contributed by atoms with van der Waals surface area (Å²) in [4.78, 5) is 53.8. The number of aliphatic carboxylic acids is 1. The average molecular weight is 650 g/mol. The zero-order chi connectivity index (χ0) is 31.1. The number of carboxylic acids is 1. The van der Waals surface area contributed by atoms with Crippen LogP contribution in [0.4, 0.5) is 4.79 Å². The van der Waals surface area contributed by atoms with Crippen molar-refractivity contribution < 1.29 is 38.5 Å². The van der Waals surface area contributed by atoms with Gasteiger partial charge in [-0.25, -0.2) is 9.59 Å². The van der Waals surface area contributed by atoms with Gasteiger partial charge in [0.15, 0.2) is 4.34 Å². The average Bonchev–Trinajstić information content (AvgIpc) is 3.59. The Morgan fingerprint density at radius 1 is 1.30 bits per heavy atom. The number of rotatable bonds is 9. The maximum absolute atomic E-state index is 13.9. The number of aromatic nitrogens is 2. The molecule has 3 N–H and O–H groups in total. The summed E-state index contributed by atoms with van der Waals surface area (Å²) < 4.78 is 17.3. The lowest BCUT2D eigenvalue weighted by atomic mass is 9.96. The number of carbonyl (C=O) groups is 4. The monoisotopic (exact) mass is 649 g/mol. The highest BCUT2D eigenvalue weighted by molar-refractivity contribution is 8.01. The van der Waals surface area contributed by atoms with E-state index in [9.17, 15) is 24.3 Å². The van der Waals surface area contributed by atoms with Gasteiger partial charge in [0.2, 0.25) is 5.91 Å². The molecule has 1 fully saturated rings. The molecule has 0 bridgehead atoms. The van der Waals surface area contributed by atoms with Gasteiger partial charge in [-0.15, -0.1) is 22.0 Å². The summed E-state index contributed by atoms with van der Waals surface area (Å²) in [7, 11) is 1.27. The third-order valence-corrected chi connectivity index (χ3v) is 10.2. The number of benzene rings is 1. The molecule has 1 aromatic carbocycles. The molecule has 3 atom stereocenters. The molecule has 5 rings (SSSR count). The zero-order valence-corrected chi connectivity index (χ0v) is 26.5. The van der Waals surface area contributed by atoms with Crippen molar-refractivity contribution >= 4 is 58.7 Å². The fourth-order valence-electron chi connectivity index (χ4n) is 4.91. The summed E-state index contributed by atoms with van der Waals surface area (Å²) >= 11 is 4.01. The van der Waals surface area contributed by atoms with Crippen LogP contribution in [0.5, 0.6) is 5.75 Å². The van der Waals surface area contributed by atoms with E-state index in [2.05, 4.69) is 20.8 Å². The molecular formula is C27H31N5O8S3. The van der Waals surface area contributed by atoms with Crippen molar-refractivity contribution in [3.8, 4) is 5.75 Å². The zero-order valence-electron chi connectivity index (χ0n) is 24.1. The number of fused-ring (bicyclic) bond motifs is 2. The standard InChI is InChI=1S/C27H31N5O8S3/c1-13-30-31-25(43-13)42-12-16-11-41-23-27(38-5,22(36)32(23)19(16)21(34)35)29-20(33)18(28-24(37)40-26(2,3)4)15-6-7-17-14(10-15)8-9-39-17/h6-7,10,18,23H,8-9,11-12H2,1-5H3,(H,28,37)(H,29,33)(H,34,35). The van der Waals surface area contributed by atoms with Gasteiger partial charge in [-0.3, -0.25) is 14.5 Å².